The van der Waals surface area contributed by atoms with Crippen molar-refractivity contribution in [3.8, 4) is 0 Å². The van der Waals surface area contributed by atoms with Crippen molar-refractivity contribution in [2.45, 2.75) is 133 Å². The normalized spacial score (nSPS) is 36.2. The van der Waals surface area contributed by atoms with E-state index in [0.29, 0.717) is 25.7 Å². The summed E-state index contributed by atoms with van der Waals surface area (Å²) in [5.41, 5.74) is -3.71. The monoisotopic (exact) mass is 648 g/mol. The number of carbonyl (C=O) groups excluding carboxylic acids is 1. The lowest BCUT2D eigenvalue weighted by Gasteiger charge is -2.62. The maximum atomic E-state index is 15.0. The molecule has 0 radical (unpaired) electrons. The van der Waals surface area contributed by atoms with Crippen molar-refractivity contribution in [1.82, 2.24) is 10.2 Å². The summed E-state index contributed by atoms with van der Waals surface area (Å²) in [5.74, 6) is -4.21. The third kappa shape index (κ3) is 5.85. The molecule has 4 aliphatic carbocycles. The van der Waals surface area contributed by atoms with E-state index in [4.69, 9.17) is 0 Å². The summed E-state index contributed by atoms with van der Waals surface area (Å²) in [6.45, 7) is 5.63. The number of rotatable bonds is 11. The SMILES string of the molecule is Cc1nnc(SCCCCCCCC[C@@H]2CC3=CC(=O)CC[C@]3(C)[C@H]3CC[C@@]4(C)[C@@H](CC[C@@]4(O)C(F)(F)C(F)(F)F)[C@H]23)s1. The Balaban J connectivity index is 1.24. The van der Waals surface area contributed by atoms with E-state index >= 15 is 8.78 Å². The van der Waals surface area contributed by atoms with E-state index in [-0.39, 0.29) is 41.8 Å². The Bertz CT molecular complexity index is 1200. The summed E-state index contributed by atoms with van der Waals surface area (Å²) in [4.78, 5) is 12.4. The molecule has 0 aromatic carbocycles. The average molecular weight is 649 g/mol. The van der Waals surface area contributed by atoms with Crippen LogP contribution in [0.1, 0.15) is 109 Å². The van der Waals surface area contributed by atoms with Crippen LogP contribution in [0.15, 0.2) is 16.0 Å². The summed E-state index contributed by atoms with van der Waals surface area (Å²) < 4.78 is 72.0. The van der Waals surface area contributed by atoms with Gasteiger partial charge in [0.1, 0.15) is 10.6 Å². The number of nitrogens with zero attached hydrogens (tertiary/aromatic N) is 2. The fourth-order valence-corrected chi connectivity index (χ4v) is 11.4. The molecular formula is C32H45F5N2O2S2. The van der Waals surface area contributed by atoms with Gasteiger partial charge >= 0.3 is 12.1 Å². The minimum Gasteiger partial charge on any atom is -0.383 e. The quantitative estimate of drug-likeness (QED) is 0.147. The number of alkyl halides is 5. The molecule has 4 nitrogen and oxygen atoms in total. The van der Waals surface area contributed by atoms with Gasteiger partial charge in [-0.3, -0.25) is 4.79 Å². The molecule has 242 valence electrons. The number of hydrogen-bond donors (Lipinski definition) is 1. The van der Waals surface area contributed by atoms with Crippen molar-refractivity contribution in [3.05, 3.63) is 16.7 Å². The topological polar surface area (TPSA) is 63.1 Å². The van der Waals surface area contributed by atoms with Crippen LogP contribution in [0, 0.1) is 41.4 Å². The van der Waals surface area contributed by atoms with E-state index in [0.717, 1.165) is 65.6 Å². The molecule has 1 heterocycles. The number of aliphatic hydroxyl groups is 1. The highest BCUT2D eigenvalue weighted by Gasteiger charge is 2.79. The predicted molar refractivity (Wildman–Crippen MR) is 159 cm³/mol. The Kier molecular flexibility index (Phi) is 9.50. The van der Waals surface area contributed by atoms with Gasteiger partial charge in [-0.25, -0.2) is 0 Å². The number of hydrogen-bond acceptors (Lipinski definition) is 6. The Morgan fingerprint density at radius 2 is 1.65 bits per heavy atom. The molecule has 0 saturated heterocycles. The van der Waals surface area contributed by atoms with Gasteiger partial charge in [0.2, 0.25) is 0 Å². The Morgan fingerprint density at radius 3 is 2.33 bits per heavy atom. The first kappa shape index (κ1) is 33.3. The largest absolute Gasteiger partial charge is 0.456 e. The molecular weight excluding hydrogens is 603 g/mol. The van der Waals surface area contributed by atoms with Crippen LogP contribution in [-0.2, 0) is 4.79 Å². The molecule has 7 atom stereocenters. The van der Waals surface area contributed by atoms with Crippen LogP contribution < -0.4 is 0 Å². The van der Waals surface area contributed by atoms with E-state index < -0.39 is 35.5 Å². The predicted octanol–water partition coefficient (Wildman–Crippen LogP) is 9.36. The molecule has 1 aromatic heterocycles. The third-order valence-electron chi connectivity index (χ3n) is 11.9. The standard InChI is InChI=1S/C32H45F5N2O2S2/c1-20-38-39-27(43-20)42-17-9-7-5-4-6-8-10-21-18-22-19-23(40)11-14-28(22,2)24-12-15-29(3)25(26(21)24)13-16-30(29,41)31(33,34)32(35,36)37/h19,21,24-26,41H,4-18H2,1-3H3/t21-,24+,25+,26-,28+,29+,30+/m1/s1. The molecule has 1 N–H and O–H groups in total. The van der Waals surface area contributed by atoms with Gasteiger partial charge in [0, 0.05) is 17.6 Å². The van der Waals surface area contributed by atoms with Crippen LogP contribution in [0.2, 0.25) is 0 Å². The van der Waals surface area contributed by atoms with Crippen LogP contribution in [0.5, 0.6) is 0 Å². The maximum Gasteiger partial charge on any atom is 0.456 e. The van der Waals surface area contributed by atoms with E-state index in [2.05, 4.69) is 17.1 Å². The third-order valence-corrected chi connectivity index (χ3v) is 13.9. The lowest BCUT2D eigenvalue weighted by molar-refractivity contribution is -0.364. The van der Waals surface area contributed by atoms with Gasteiger partial charge in [0.25, 0.3) is 0 Å². The number of aryl methyl sites for hydroxylation is 1. The number of fused-ring (bicyclic) bond motifs is 5. The van der Waals surface area contributed by atoms with Crippen LogP contribution in [0.4, 0.5) is 22.0 Å². The molecule has 5 rings (SSSR count). The van der Waals surface area contributed by atoms with E-state index in [1.54, 1.807) is 23.1 Å². The summed E-state index contributed by atoms with van der Waals surface area (Å²) in [5, 5.41) is 20.4. The first-order valence-corrected chi connectivity index (χ1v) is 17.8. The number of thioether (sulfide) groups is 1. The summed E-state index contributed by atoms with van der Waals surface area (Å²) in [6, 6.07) is 0. The second-order valence-electron chi connectivity index (χ2n) is 14.1. The Hall–Kier alpha value is -1.07. The van der Waals surface area contributed by atoms with Gasteiger partial charge in [-0.2, -0.15) is 22.0 Å². The van der Waals surface area contributed by atoms with Crippen molar-refractivity contribution < 1.29 is 31.9 Å². The highest BCUT2D eigenvalue weighted by Crippen LogP contribution is 2.72. The Labute approximate surface area is 260 Å². The highest BCUT2D eigenvalue weighted by molar-refractivity contribution is 8.01. The molecule has 4 aliphatic rings. The number of carbonyl (C=O) groups is 1. The first-order chi connectivity index (χ1) is 20.1. The van der Waals surface area contributed by atoms with Gasteiger partial charge in [0.05, 0.1) is 0 Å². The van der Waals surface area contributed by atoms with Crippen molar-refractivity contribution in [1.29, 1.82) is 0 Å². The van der Waals surface area contributed by atoms with Crippen LogP contribution in [0.25, 0.3) is 0 Å². The van der Waals surface area contributed by atoms with E-state index in [1.165, 1.54) is 6.92 Å². The molecule has 0 spiro atoms. The number of aromatic nitrogens is 2. The van der Waals surface area contributed by atoms with Crippen molar-refractivity contribution in [3.63, 3.8) is 0 Å². The highest BCUT2D eigenvalue weighted by atomic mass is 32.2. The fraction of sp³-hybridized carbons (Fsp3) is 0.844. The zero-order valence-electron chi connectivity index (χ0n) is 25.4. The number of halogens is 5. The lowest BCUT2D eigenvalue weighted by atomic mass is 9.43. The number of unbranched alkanes of at least 4 members (excludes halogenated alkanes) is 5. The van der Waals surface area contributed by atoms with Gasteiger partial charge in [-0.1, -0.05) is 74.6 Å². The van der Waals surface area contributed by atoms with E-state index in [1.807, 2.05) is 13.0 Å². The molecule has 3 saturated carbocycles. The molecule has 3 fully saturated rings. The first-order valence-electron chi connectivity index (χ1n) is 16.0. The molecule has 1 aromatic rings. The summed E-state index contributed by atoms with van der Waals surface area (Å²) in [7, 11) is 0. The van der Waals surface area contributed by atoms with Gasteiger partial charge in [-0.05, 0) is 93.5 Å². The second kappa shape index (κ2) is 12.3. The zero-order valence-corrected chi connectivity index (χ0v) is 27.1. The molecule has 43 heavy (non-hydrogen) atoms. The van der Waals surface area contributed by atoms with Crippen molar-refractivity contribution >= 4 is 28.9 Å². The van der Waals surface area contributed by atoms with Gasteiger partial charge in [0.15, 0.2) is 10.1 Å². The molecule has 0 amide bonds. The van der Waals surface area contributed by atoms with Crippen LogP contribution in [-0.4, -0.2) is 44.5 Å². The van der Waals surface area contributed by atoms with E-state index in [9.17, 15) is 23.1 Å². The summed E-state index contributed by atoms with van der Waals surface area (Å²) in [6.07, 6.45) is 5.51. The lowest BCUT2D eigenvalue weighted by Crippen LogP contribution is -2.66. The number of ketones is 1. The molecule has 0 unspecified atom stereocenters. The van der Waals surface area contributed by atoms with Crippen LogP contribution >= 0.6 is 23.1 Å². The maximum absolute atomic E-state index is 15.0. The minimum atomic E-state index is -5.80. The Morgan fingerprint density at radius 1 is 0.977 bits per heavy atom. The molecule has 11 heteroatoms. The van der Waals surface area contributed by atoms with Crippen LogP contribution in [0.3, 0.4) is 0 Å². The molecule has 0 aliphatic heterocycles. The van der Waals surface area contributed by atoms with Crippen molar-refractivity contribution in [2.24, 2.45) is 34.5 Å². The van der Waals surface area contributed by atoms with Gasteiger partial charge in [-0.15, -0.1) is 10.2 Å². The van der Waals surface area contributed by atoms with Gasteiger partial charge < -0.3 is 5.11 Å². The average Bonchev–Trinajstić information content (AvgIpc) is 3.48. The second-order valence-corrected chi connectivity index (χ2v) is 16.6. The van der Waals surface area contributed by atoms with Crippen molar-refractivity contribution in [2.75, 3.05) is 5.75 Å². The fourth-order valence-electron chi connectivity index (χ4n) is 9.48. The molecule has 0 bridgehead atoms. The zero-order chi connectivity index (χ0) is 31.3. The minimum absolute atomic E-state index is 0.0341. The smallest absolute Gasteiger partial charge is 0.383 e. The number of allylic oxidation sites excluding steroid dienone is 1. The summed E-state index contributed by atoms with van der Waals surface area (Å²) >= 11 is 3.36.